The second-order valence-electron chi connectivity index (χ2n) is 8.10. The highest BCUT2D eigenvalue weighted by atomic mass is 32.1. The normalized spacial score (nSPS) is 19.6. The number of thiophene rings is 1. The van der Waals surface area contributed by atoms with Gasteiger partial charge in [-0.2, -0.15) is 5.10 Å². The van der Waals surface area contributed by atoms with Crippen LogP contribution in [0.5, 0.6) is 0 Å². The van der Waals surface area contributed by atoms with Gasteiger partial charge in [0.15, 0.2) is 0 Å². The lowest BCUT2D eigenvalue weighted by Gasteiger charge is -2.61. The molecular weight excluding hydrogens is 336 g/mol. The van der Waals surface area contributed by atoms with Crippen molar-refractivity contribution in [2.75, 3.05) is 6.54 Å². The molecule has 3 heterocycles. The first-order valence-electron chi connectivity index (χ1n) is 8.51. The summed E-state index contributed by atoms with van der Waals surface area (Å²) in [4.78, 5) is 28.7. The van der Waals surface area contributed by atoms with Gasteiger partial charge < -0.3 is 10.2 Å². The molecule has 7 heteroatoms. The summed E-state index contributed by atoms with van der Waals surface area (Å²) >= 11 is 1.40. The number of aromatic nitrogens is 2. The van der Waals surface area contributed by atoms with Crippen molar-refractivity contribution >= 4 is 33.4 Å². The molecule has 0 unspecified atom stereocenters. The number of hydrogen-bond donors (Lipinski definition) is 1. The number of likely N-dealkylation sites (tertiary alicyclic amines) is 1. The van der Waals surface area contributed by atoms with Crippen molar-refractivity contribution in [3.63, 3.8) is 0 Å². The summed E-state index contributed by atoms with van der Waals surface area (Å²) < 4.78 is 1.78. The lowest BCUT2D eigenvalue weighted by atomic mass is 9.65. The molecule has 2 aromatic rings. The summed E-state index contributed by atoms with van der Waals surface area (Å²) in [6.07, 6.45) is 0. The van der Waals surface area contributed by atoms with Crippen LogP contribution in [0.25, 0.3) is 10.2 Å². The Bertz CT molecular complexity index is 827. The number of carbonyl (C=O) groups excluding carboxylic acids is 2. The van der Waals surface area contributed by atoms with E-state index >= 15 is 0 Å². The number of nitrogens with zero attached hydrogens (tertiary/aromatic N) is 3. The molecule has 1 N–H and O–H groups in total. The number of hydrogen-bond acceptors (Lipinski definition) is 4. The highest BCUT2D eigenvalue weighted by Crippen LogP contribution is 2.46. The molecule has 0 aromatic carbocycles. The Balaban J connectivity index is 1.72. The zero-order valence-corrected chi connectivity index (χ0v) is 16.7. The molecule has 2 amide bonds. The summed E-state index contributed by atoms with van der Waals surface area (Å²) in [6, 6.07) is 1.30. The molecule has 2 aromatic heterocycles. The van der Waals surface area contributed by atoms with E-state index in [0.717, 1.165) is 15.9 Å². The predicted molar refractivity (Wildman–Crippen MR) is 99.8 cm³/mol. The van der Waals surface area contributed by atoms with Crippen LogP contribution in [0.4, 0.5) is 0 Å². The van der Waals surface area contributed by atoms with Gasteiger partial charge in [-0.25, -0.2) is 0 Å². The number of carbonyl (C=O) groups is 2. The molecule has 0 bridgehead atoms. The molecule has 1 saturated heterocycles. The summed E-state index contributed by atoms with van der Waals surface area (Å²) in [7, 11) is 1.87. The van der Waals surface area contributed by atoms with E-state index in [9.17, 15) is 9.59 Å². The summed E-state index contributed by atoms with van der Waals surface area (Å²) in [5, 5.41) is 8.18. The molecule has 1 fully saturated rings. The second kappa shape index (κ2) is 5.56. The molecule has 6 nitrogen and oxygen atoms in total. The quantitative estimate of drug-likeness (QED) is 0.913. The zero-order chi connectivity index (χ0) is 18.7. The smallest absolute Gasteiger partial charge is 0.262 e. The molecule has 0 radical (unpaired) electrons. The first kappa shape index (κ1) is 17.9. The van der Waals surface area contributed by atoms with Crippen LogP contribution in [0, 0.1) is 12.3 Å². The fourth-order valence-corrected chi connectivity index (χ4v) is 4.32. The van der Waals surface area contributed by atoms with Gasteiger partial charge in [-0.05, 0) is 33.8 Å². The number of amides is 2. The van der Waals surface area contributed by atoms with Crippen LogP contribution in [0.1, 0.15) is 50.0 Å². The largest absolute Gasteiger partial charge is 0.340 e. The van der Waals surface area contributed by atoms with Gasteiger partial charge in [0.1, 0.15) is 10.9 Å². The van der Waals surface area contributed by atoms with Gasteiger partial charge in [-0.3, -0.25) is 14.3 Å². The second-order valence-corrected chi connectivity index (χ2v) is 9.13. The average Bonchev–Trinajstić information content (AvgIpc) is 3.06. The predicted octanol–water partition coefficient (Wildman–Crippen LogP) is 2.71. The fourth-order valence-electron chi connectivity index (χ4n) is 3.29. The standard InChI is InChI=1S/C18H26N4O2S/c1-10-12-8-13(25-16(12)21(7)20-10)14(23)19-11(2)15(24)22-9-17(3,4)18(22,5)6/h8,11H,9H2,1-7H3,(H,19,23)/t11-/m1/s1. The molecule has 0 saturated carbocycles. The van der Waals surface area contributed by atoms with Gasteiger partial charge in [0.2, 0.25) is 5.91 Å². The summed E-state index contributed by atoms with van der Waals surface area (Å²) in [5.41, 5.74) is 0.785. The van der Waals surface area contributed by atoms with Gasteiger partial charge in [-0.15, -0.1) is 11.3 Å². The topological polar surface area (TPSA) is 67.2 Å². The number of nitrogens with one attached hydrogen (secondary N) is 1. The SMILES string of the molecule is Cc1nn(C)c2sc(C(=O)N[C@H](C)C(=O)N3CC(C)(C)C3(C)C)cc12. The molecule has 1 aliphatic rings. The van der Waals surface area contributed by atoms with E-state index in [4.69, 9.17) is 0 Å². The lowest BCUT2D eigenvalue weighted by Crippen LogP contribution is -2.72. The minimum absolute atomic E-state index is 0.0309. The number of rotatable bonds is 3. The van der Waals surface area contributed by atoms with E-state index in [-0.39, 0.29) is 22.8 Å². The van der Waals surface area contributed by atoms with Crippen molar-refractivity contribution < 1.29 is 9.59 Å². The third kappa shape index (κ3) is 2.65. The van der Waals surface area contributed by atoms with Crippen molar-refractivity contribution in [3.05, 3.63) is 16.6 Å². The third-order valence-corrected chi connectivity index (χ3v) is 6.99. The van der Waals surface area contributed by atoms with E-state index in [1.54, 1.807) is 11.6 Å². The molecule has 0 spiro atoms. The molecule has 1 atom stereocenters. The van der Waals surface area contributed by atoms with Crippen molar-refractivity contribution in [2.45, 2.75) is 53.1 Å². The van der Waals surface area contributed by atoms with Gasteiger partial charge >= 0.3 is 0 Å². The Morgan fingerprint density at radius 2 is 1.96 bits per heavy atom. The maximum absolute atomic E-state index is 12.7. The Kier molecular flexibility index (Phi) is 3.98. The van der Waals surface area contributed by atoms with Gasteiger partial charge in [0.05, 0.1) is 10.6 Å². The third-order valence-electron chi connectivity index (χ3n) is 5.79. The molecule has 1 aliphatic heterocycles. The first-order chi connectivity index (χ1) is 11.5. The minimum Gasteiger partial charge on any atom is -0.340 e. The molecule has 3 rings (SSSR count). The Hall–Kier alpha value is -1.89. The van der Waals surface area contributed by atoms with Crippen LogP contribution < -0.4 is 5.32 Å². The molecular formula is C18H26N4O2S. The minimum atomic E-state index is -0.549. The van der Waals surface area contributed by atoms with E-state index in [2.05, 4.69) is 38.1 Å². The highest BCUT2D eigenvalue weighted by molar-refractivity contribution is 7.20. The Morgan fingerprint density at radius 3 is 2.48 bits per heavy atom. The Labute approximate surface area is 152 Å². The maximum Gasteiger partial charge on any atom is 0.262 e. The van der Waals surface area contributed by atoms with Crippen molar-refractivity contribution in [2.24, 2.45) is 12.5 Å². The van der Waals surface area contributed by atoms with Gasteiger partial charge in [-0.1, -0.05) is 13.8 Å². The van der Waals surface area contributed by atoms with E-state index in [0.29, 0.717) is 11.4 Å². The number of aryl methyl sites for hydroxylation is 2. The van der Waals surface area contributed by atoms with Crippen molar-refractivity contribution in [1.29, 1.82) is 0 Å². The maximum atomic E-state index is 12.7. The highest BCUT2D eigenvalue weighted by Gasteiger charge is 2.55. The van der Waals surface area contributed by atoms with Crippen LogP contribution in [0.2, 0.25) is 0 Å². The zero-order valence-electron chi connectivity index (χ0n) is 15.9. The van der Waals surface area contributed by atoms with Gasteiger partial charge in [0, 0.05) is 29.9 Å². The monoisotopic (exact) mass is 362 g/mol. The molecule has 136 valence electrons. The van der Waals surface area contributed by atoms with Crippen LogP contribution >= 0.6 is 11.3 Å². The first-order valence-corrected chi connectivity index (χ1v) is 9.33. The fraction of sp³-hybridized carbons (Fsp3) is 0.611. The average molecular weight is 362 g/mol. The van der Waals surface area contributed by atoms with E-state index < -0.39 is 6.04 Å². The van der Waals surface area contributed by atoms with Crippen molar-refractivity contribution in [1.82, 2.24) is 20.0 Å². The number of fused-ring (bicyclic) bond motifs is 1. The van der Waals surface area contributed by atoms with E-state index in [1.165, 1.54) is 11.3 Å². The van der Waals surface area contributed by atoms with Crippen LogP contribution in [0.15, 0.2) is 6.07 Å². The summed E-state index contributed by atoms with van der Waals surface area (Å²) in [6.45, 7) is 12.9. The van der Waals surface area contributed by atoms with E-state index in [1.807, 2.05) is 24.9 Å². The van der Waals surface area contributed by atoms with Crippen LogP contribution in [0.3, 0.4) is 0 Å². The molecule has 0 aliphatic carbocycles. The van der Waals surface area contributed by atoms with Crippen LogP contribution in [-0.4, -0.2) is 44.6 Å². The van der Waals surface area contributed by atoms with Crippen LogP contribution in [-0.2, 0) is 11.8 Å². The molecule has 25 heavy (non-hydrogen) atoms. The van der Waals surface area contributed by atoms with Gasteiger partial charge in [0.25, 0.3) is 5.91 Å². The summed E-state index contributed by atoms with van der Waals surface area (Å²) in [5.74, 6) is -0.240. The lowest BCUT2D eigenvalue weighted by molar-refractivity contribution is -0.168. The van der Waals surface area contributed by atoms with Crippen molar-refractivity contribution in [3.8, 4) is 0 Å². The Morgan fingerprint density at radius 1 is 1.32 bits per heavy atom.